The summed E-state index contributed by atoms with van der Waals surface area (Å²) in [5.41, 5.74) is 7.65. The average molecular weight is 682 g/mol. The van der Waals surface area contributed by atoms with Crippen LogP contribution in [0, 0.1) is 0 Å². The van der Waals surface area contributed by atoms with Crippen molar-refractivity contribution in [2.45, 2.75) is 25.3 Å². The Morgan fingerprint density at radius 3 is 2.40 bits per heavy atom. The summed E-state index contributed by atoms with van der Waals surface area (Å²) in [6.45, 7) is 2.89. The molecule has 8 heterocycles. The van der Waals surface area contributed by atoms with Crippen molar-refractivity contribution in [3.63, 3.8) is 0 Å². The number of piperidine rings is 1. The van der Waals surface area contributed by atoms with Crippen LogP contribution in [-0.4, -0.2) is 77.3 Å². The predicted molar refractivity (Wildman–Crippen MR) is 196 cm³/mol. The molecule has 1 fully saturated rings. The van der Waals surface area contributed by atoms with E-state index >= 15 is 0 Å². The molecule has 1 aliphatic rings. The Bertz CT molecular complexity index is 2640. The molecule has 0 saturated carbocycles. The van der Waals surface area contributed by atoms with E-state index in [1.165, 1.54) is 5.56 Å². The van der Waals surface area contributed by atoms with E-state index in [1.54, 1.807) is 16.9 Å². The third kappa shape index (κ3) is 5.43. The number of aromatic amines is 1. The van der Waals surface area contributed by atoms with Crippen LogP contribution >= 0.6 is 0 Å². The van der Waals surface area contributed by atoms with Gasteiger partial charge in [-0.15, -0.1) is 15.3 Å². The van der Waals surface area contributed by atoms with E-state index in [0.717, 1.165) is 77.3 Å². The fourth-order valence-electron chi connectivity index (χ4n) is 7.09. The van der Waals surface area contributed by atoms with Crippen molar-refractivity contribution in [1.29, 1.82) is 0 Å². The molecule has 2 aromatic carbocycles. The van der Waals surface area contributed by atoms with Gasteiger partial charge in [0.2, 0.25) is 11.6 Å². The number of hydrogen-bond acceptors (Lipinski definition) is 10. The molecule has 0 unspecified atom stereocenters. The van der Waals surface area contributed by atoms with Gasteiger partial charge in [0.05, 0.1) is 11.2 Å². The smallest absolute Gasteiger partial charge is 0.252 e. The van der Waals surface area contributed by atoms with Gasteiger partial charge in [0.15, 0.2) is 11.5 Å². The summed E-state index contributed by atoms with van der Waals surface area (Å²) in [6, 6.07) is 31.0. The van der Waals surface area contributed by atoms with Gasteiger partial charge in [0, 0.05) is 53.8 Å². The largest absolute Gasteiger partial charge is 0.299 e. The van der Waals surface area contributed by atoms with Gasteiger partial charge in [-0.05, 0) is 67.4 Å². The van der Waals surface area contributed by atoms with Crippen molar-refractivity contribution in [3.8, 4) is 45.6 Å². The minimum atomic E-state index is 0.365. The van der Waals surface area contributed by atoms with Crippen LogP contribution in [0.2, 0.25) is 0 Å². The van der Waals surface area contributed by atoms with Crippen molar-refractivity contribution >= 4 is 22.3 Å². The van der Waals surface area contributed by atoms with Gasteiger partial charge in [-0.1, -0.05) is 60.7 Å². The van der Waals surface area contributed by atoms with E-state index in [9.17, 15) is 0 Å². The molecule has 52 heavy (non-hydrogen) atoms. The number of likely N-dealkylation sites (tertiary alicyclic amines) is 1. The Labute approximate surface area is 297 Å². The van der Waals surface area contributed by atoms with Gasteiger partial charge >= 0.3 is 0 Å². The summed E-state index contributed by atoms with van der Waals surface area (Å²) in [5.74, 6) is 3.47. The number of fused-ring (bicyclic) bond motifs is 4. The molecule has 13 heteroatoms. The first kappa shape index (κ1) is 30.1. The lowest BCUT2D eigenvalue weighted by atomic mass is 9.95. The lowest BCUT2D eigenvalue weighted by Gasteiger charge is -2.31. The molecule has 10 rings (SSSR count). The van der Waals surface area contributed by atoms with E-state index in [1.807, 2.05) is 53.2 Å². The molecule has 1 saturated heterocycles. The first-order valence-electron chi connectivity index (χ1n) is 17.3. The number of nitrogens with zero attached hydrogens (tertiary/aromatic N) is 12. The summed E-state index contributed by atoms with van der Waals surface area (Å²) < 4.78 is 3.54. The Morgan fingerprint density at radius 2 is 1.58 bits per heavy atom. The van der Waals surface area contributed by atoms with Crippen LogP contribution in [0.4, 0.5) is 0 Å². The van der Waals surface area contributed by atoms with E-state index < -0.39 is 0 Å². The molecular weight excluding hydrogens is 651 g/mol. The zero-order valence-corrected chi connectivity index (χ0v) is 27.9. The predicted octanol–water partition coefficient (Wildman–Crippen LogP) is 6.28. The van der Waals surface area contributed by atoms with Gasteiger partial charge in [0.1, 0.15) is 11.5 Å². The second-order valence-corrected chi connectivity index (χ2v) is 13.0. The molecule has 0 spiro atoms. The van der Waals surface area contributed by atoms with Crippen LogP contribution < -0.4 is 0 Å². The van der Waals surface area contributed by atoms with E-state index in [2.05, 4.69) is 99.9 Å². The highest BCUT2D eigenvalue weighted by atomic mass is 15.4. The molecule has 0 aliphatic carbocycles. The van der Waals surface area contributed by atoms with E-state index in [4.69, 9.17) is 9.97 Å². The number of benzene rings is 2. The van der Waals surface area contributed by atoms with Gasteiger partial charge in [-0.2, -0.15) is 10.1 Å². The third-order valence-corrected chi connectivity index (χ3v) is 9.78. The summed E-state index contributed by atoms with van der Waals surface area (Å²) in [5, 5.41) is 22.1. The van der Waals surface area contributed by atoms with Crippen LogP contribution in [0.15, 0.2) is 116 Å². The molecular formula is C39H31N13. The van der Waals surface area contributed by atoms with E-state index in [0.29, 0.717) is 34.8 Å². The number of aromatic nitrogens is 12. The Kier molecular flexibility index (Phi) is 7.27. The maximum atomic E-state index is 5.24. The maximum absolute atomic E-state index is 5.24. The Balaban J connectivity index is 0.911. The number of nitrogens with one attached hydrogen (secondary N) is 1. The molecule has 0 radical (unpaired) electrons. The Morgan fingerprint density at radius 1 is 0.731 bits per heavy atom. The molecule has 0 amide bonds. The molecule has 252 valence electrons. The quantitative estimate of drug-likeness (QED) is 0.204. The number of hydrogen-bond donors (Lipinski definition) is 1. The van der Waals surface area contributed by atoms with Crippen LogP contribution in [0.1, 0.15) is 30.1 Å². The third-order valence-electron chi connectivity index (χ3n) is 9.78. The molecule has 9 aromatic rings. The highest BCUT2D eigenvalue weighted by Crippen LogP contribution is 2.35. The lowest BCUT2D eigenvalue weighted by molar-refractivity contribution is 0.202. The second-order valence-electron chi connectivity index (χ2n) is 13.0. The monoisotopic (exact) mass is 681 g/mol. The summed E-state index contributed by atoms with van der Waals surface area (Å²) in [6.07, 6.45) is 9.26. The SMILES string of the molecule is c1ccc(-c2cc3c(ccn4c(-c5nc6ncccn6n5)nnc34)nc2-c2ccc(CN3CCC(c4nc(-c5ccccn5)n[nH]4)CC3)cc2)cc1. The highest BCUT2D eigenvalue weighted by Gasteiger charge is 2.24. The van der Waals surface area contributed by atoms with Crippen LogP contribution in [0.25, 0.3) is 67.9 Å². The molecule has 7 aromatic heterocycles. The summed E-state index contributed by atoms with van der Waals surface area (Å²) >= 11 is 0. The second kappa shape index (κ2) is 12.5. The number of H-pyrrole nitrogens is 1. The first-order chi connectivity index (χ1) is 25.7. The van der Waals surface area contributed by atoms with Crippen molar-refractivity contribution in [3.05, 3.63) is 127 Å². The van der Waals surface area contributed by atoms with Gasteiger partial charge in [-0.3, -0.25) is 19.4 Å². The molecule has 0 bridgehead atoms. The van der Waals surface area contributed by atoms with Crippen molar-refractivity contribution < 1.29 is 0 Å². The minimum Gasteiger partial charge on any atom is -0.299 e. The van der Waals surface area contributed by atoms with Crippen molar-refractivity contribution in [2.24, 2.45) is 0 Å². The first-order valence-corrected chi connectivity index (χ1v) is 17.3. The summed E-state index contributed by atoms with van der Waals surface area (Å²) in [7, 11) is 0. The normalized spacial score (nSPS) is 14.2. The zero-order valence-electron chi connectivity index (χ0n) is 27.9. The standard InChI is InChI=1S/C39H31N13/c1-2-7-26(8-3-1)29-23-30-31(16-22-51-37(30)47-48-38(51)36-44-39-41-18-6-19-52(39)49-36)42-33(29)27-12-10-25(11-13-27)24-50-20-14-28(15-21-50)34-43-35(46-45-34)32-9-4-5-17-40-32/h1-13,16-19,22-23,28H,14-15,20-21,24H2,(H,43,45,46). The fraction of sp³-hybridized carbons (Fsp3) is 0.154. The number of rotatable bonds is 7. The lowest BCUT2D eigenvalue weighted by Crippen LogP contribution is -2.32. The van der Waals surface area contributed by atoms with Crippen molar-refractivity contribution in [2.75, 3.05) is 13.1 Å². The van der Waals surface area contributed by atoms with Gasteiger partial charge in [-0.25, -0.2) is 19.5 Å². The Hall–Kier alpha value is -6.73. The van der Waals surface area contributed by atoms with Crippen LogP contribution in [0.3, 0.4) is 0 Å². The molecule has 0 atom stereocenters. The minimum absolute atomic E-state index is 0.365. The van der Waals surface area contributed by atoms with Crippen LogP contribution in [0.5, 0.6) is 0 Å². The van der Waals surface area contributed by atoms with E-state index in [-0.39, 0.29) is 0 Å². The maximum Gasteiger partial charge on any atom is 0.252 e. The highest BCUT2D eigenvalue weighted by molar-refractivity contribution is 5.98. The zero-order chi connectivity index (χ0) is 34.4. The van der Waals surface area contributed by atoms with Crippen LogP contribution in [-0.2, 0) is 6.54 Å². The average Bonchev–Trinajstić information content (AvgIpc) is 3.98. The molecule has 13 nitrogen and oxygen atoms in total. The fourth-order valence-corrected chi connectivity index (χ4v) is 7.09. The molecule has 1 aliphatic heterocycles. The number of pyridine rings is 3. The summed E-state index contributed by atoms with van der Waals surface area (Å²) in [4.78, 5) is 25.8. The van der Waals surface area contributed by atoms with Gasteiger partial charge < -0.3 is 0 Å². The topological polar surface area (TPSA) is 144 Å². The van der Waals surface area contributed by atoms with Crippen molar-refractivity contribution in [1.82, 2.24) is 64.2 Å². The van der Waals surface area contributed by atoms with Gasteiger partial charge in [0.25, 0.3) is 5.78 Å². The molecule has 1 N–H and O–H groups in total.